The van der Waals surface area contributed by atoms with E-state index in [1.165, 1.54) is 12.8 Å². The first kappa shape index (κ1) is 18.1. The van der Waals surface area contributed by atoms with Gasteiger partial charge in [0.25, 0.3) is 0 Å². The Kier molecular flexibility index (Phi) is 4.25. The van der Waals surface area contributed by atoms with E-state index < -0.39 is 5.60 Å². The number of ether oxygens (including phenoxy) is 1. The molecule has 2 saturated carbocycles. The van der Waals surface area contributed by atoms with Gasteiger partial charge in [0.05, 0.1) is 5.54 Å². The van der Waals surface area contributed by atoms with E-state index in [1.54, 1.807) is 0 Å². The summed E-state index contributed by atoms with van der Waals surface area (Å²) in [5, 5.41) is 0. The SMILES string of the molecule is CN(C(=O)OC(C)(C)C)C12CC3CC(C1)N(c1ccc(Br)cn1)C(C3)C2. The summed E-state index contributed by atoms with van der Waals surface area (Å²) in [7, 11) is 1.93. The summed E-state index contributed by atoms with van der Waals surface area (Å²) in [5.41, 5.74) is -0.522. The lowest BCUT2D eigenvalue weighted by Crippen LogP contribution is -2.70. The minimum atomic E-state index is -0.457. The Morgan fingerprint density at radius 3 is 2.46 bits per heavy atom. The molecule has 1 aromatic rings. The first-order valence-electron chi connectivity index (χ1n) is 9.54. The van der Waals surface area contributed by atoms with Crippen molar-refractivity contribution in [2.45, 2.75) is 76.1 Å². The number of pyridine rings is 1. The van der Waals surface area contributed by atoms with Gasteiger partial charge in [-0.15, -0.1) is 0 Å². The lowest BCUT2D eigenvalue weighted by atomic mass is 9.59. The molecule has 5 nitrogen and oxygen atoms in total. The van der Waals surface area contributed by atoms with Crippen molar-refractivity contribution in [1.29, 1.82) is 0 Å². The summed E-state index contributed by atoms with van der Waals surface area (Å²) in [5.74, 6) is 1.76. The number of carbonyl (C=O) groups is 1. The van der Waals surface area contributed by atoms with Crippen molar-refractivity contribution in [3.8, 4) is 0 Å². The monoisotopic (exact) mass is 421 g/mol. The van der Waals surface area contributed by atoms with Gasteiger partial charge in [0.15, 0.2) is 0 Å². The first-order valence-corrected chi connectivity index (χ1v) is 10.3. The predicted molar refractivity (Wildman–Crippen MR) is 105 cm³/mol. The van der Waals surface area contributed by atoms with Crippen LogP contribution >= 0.6 is 15.9 Å². The van der Waals surface area contributed by atoms with E-state index >= 15 is 0 Å². The van der Waals surface area contributed by atoms with E-state index in [9.17, 15) is 4.79 Å². The highest BCUT2D eigenvalue weighted by atomic mass is 79.9. The van der Waals surface area contributed by atoms with Crippen molar-refractivity contribution >= 4 is 27.8 Å². The molecule has 1 amide bonds. The topological polar surface area (TPSA) is 45.7 Å². The van der Waals surface area contributed by atoms with Crippen LogP contribution in [-0.4, -0.2) is 46.2 Å². The number of hydrogen-bond acceptors (Lipinski definition) is 4. The average molecular weight is 422 g/mol. The van der Waals surface area contributed by atoms with Gasteiger partial charge in [-0.2, -0.15) is 0 Å². The van der Waals surface area contributed by atoms with E-state index in [4.69, 9.17) is 4.74 Å². The fourth-order valence-corrected chi connectivity index (χ4v) is 5.65. The molecule has 2 aliphatic carbocycles. The molecule has 0 spiro atoms. The number of amides is 1. The third kappa shape index (κ3) is 3.10. The quantitative estimate of drug-likeness (QED) is 0.699. The van der Waals surface area contributed by atoms with Crippen molar-refractivity contribution < 1.29 is 9.53 Å². The molecule has 5 rings (SSSR count). The minimum absolute atomic E-state index is 0.0648. The first-order chi connectivity index (χ1) is 12.2. The molecule has 0 N–H and O–H groups in total. The third-order valence-corrected chi connectivity index (χ3v) is 6.72. The maximum absolute atomic E-state index is 12.7. The highest BCUT2D eigenvalue weighted by Crippen LogP contribution is 2.54. The van der Waals surface area contributed by atoms with Gasteiger partial charge in [0.1, 0.15) is 11.4 Å². The maximum atomic E-state index is 12.7. The Labute approximate surface area is 164 Å². The van der Waals surface area contributed by atoms with E-state index in [0.29, 0.717) is 18.0 Å². The van der Waals surface area contributed by atoms with Gasteiger partial charge in [-0.25, -0.2) is 9.78 Å². The molecule has 4 aliphatic rings. The van der Waals surface area contributed by atoms with Gasteiger partial charge in [0, 0.05) is 29.8 Å². The molecule has 142 valence electrons. The van der Waals surface area contributed by atoms with Crippen molar-refractivity contribution in [3.05, 3.63) is 22.8 Å². The van der Waals surface area contributed by atoms with Gasteiger partial charge < -0.3 is 14.5 Å². The summed E-state index contributed by atoms with van der Waals surface area (Å²) in [6, 6.07) is 5.09. The number of carbonyl (C=O) groups excluding carboxylic acids is 1. The zero-order valence-electron chi connectivity index (χ0n) is 16.0. The van der Waals surface area contributed by atoms with Crippen LogP contribution in [0.25, 0.3) is 0 Å². The Morgan fingerprint density at radius 1 is 1.27 bits per heavy atom. The number of rotatable bonds is 2. The van der Waals surface area contributed by atoms with Crippen LogP contribution in [0.2, 0.25) is 0 Å². The lowest BCUT2D eigenvalue weighted by Gasteiger charge is -2.63. The average Bonchev–Trinajstić information content (AvgIpc) is 2.53. The molecular weight excluding hydrogens is 394 g/mol. The van der Waals surface area contributed by atoms with Gasteiger partial charge in [-0.3, -0.25) is 0 Å². The molecule has 2 atom stereocenters. The van der Waals surface area contributed by atoms with E-state index in [0.717, 1.165) is 29.6 Å². The second-order valence-corrected chi connectivity index (χ2v) is 10.2. The van der Waals surface area contributed by atoms with Crippen LogP contribution in [0.4, 0.5) is 10.6 Å². The van der Waals surface area contributed by atoms with Crippen LogP contribution in [0.5, 0.6) is 0 Å². The molecule has 4 fully saturated rings. The zero-order valence-corrected chi connectivity index (χ0v) is 17.6. The molecule has 26 heavy (non-hydrogen) atoms. The van der Waals surface area contributed by atoms with Crippen molar-refractivity contribution in [1.82, 2.24) is 9.88 Å². The highest BCUT2D eigenvalue weighted by molar-refractivity contribution is 9.10. The standard InChI is InChI=1S/C20H28BrN3O2/c1-19(2,3)26-18(25)23(4)20-9-13-7-15(10-20)24(16(8-13)11-20)17-6-5-14(21)12-22-17/h5-6,12-13,15-16H,7-11H2,1-4H3. The van der Waals surface area contributed by atoms with Crippen molar-refractivity contribution in [3.63, 3.8) is 0 Å². The summed E-state index contributed by atoms with van der Waals surface area (Å²) in [6.07, 6.45) is 7.23. The summed E-state index contributed by atoms with van der Waals surface area (Å²) in [6.45, 7) is 5.79. The number of hydrogen-bond donors (Lipinski definition) is 0. The fraction of sp³-hybridized carbons (Fsp3) is 0.700. The molecule has 6 heteroatoms. The van der Waals surface area contributed by atoms with Gasteiger partial charge in [0.2, 0.25) is 0 Å². The van der Waals surface area contributed by atoms with E-state index in [-0.39, 0.29) is 11.6 Å². The normalized spacial score (nSPS) is 32.7. The molecular formula is C20H28BrN3O2. The fourth-order valence-electron chi connectivity index (χ4n) is 5.42. The zero-order chi connectivity index (χ0) is 18.7. The molecule has 0 aromatic carbocycles. The Balaban J connectivity index is 1.57. The molecule has 2 saturated heterocycles. The number of piperidine rings is 2. The molecule has 4 bridgehead atoms. The minimum Gasteiger partial charge on any atom is -0.444 e. The van der Waals surface area contributed by atoms with Crippen molar-refractivity contribution in [2.75, 3.05) is 11.9 Å². The molecule has 3 heterocycles. The van der Waals surface area contributed by atoms with Gasteiger partial charge in [-0.05, 0) is 86.9 Å². The third-order valence-electron chi connectivity index (χ3n) is 6.25. The highest BCUT2D eigenvalue weighted by Gasteiger charge is 2.57. The summed E-state index contributed by atoms with van der Waals surface area (Å²) < 4.78 is 6.68. The van der Waals surface area contributed by atoms with E-state index in [2.05, 4.69) is 37.9 Å². The second-order valence-electron chi connectivity index (χ2n) is 9.26. The largest absolute Gasteiger partial charge is 0.444 e. The van der Waals surface area contributed by atoms with Crippen LogP contribution in [0.1, 0.15) is 52.9 Å². The van der Waals surface area contributed by atoms with Crippen LogP contribution in [-0.2, 0) is 4.74 Å². The predicted octanol–water partition coefficient (Wildman–Crippen LogP) is 4.60. The number of halogens is 1. The Bertz CT molecular complexity index is 684. The van der Waals surface area contributed by atoms with Crippen LogP contribution in [0.15, 0.2) is 22.8 Å². The second kappa shape index (κ2) is 6.11. The smallest absolute Gasteiger partial charge is 0.410 e. The Hall–Kier alpha value is -1.30. The van der Waals surface area contributed by atoms with Crippen LogP contribution in [0.3, 0.4) is 0 Å². The Morgan fingerprint density at radius 2 is 1.92 bits per heavy atom. The van der Waals surface area contributed by atoms with E-state index in [1.807, 2.05) is 38.9 Å². The van der Waals surface area contributed by atoms with Crippen LogP contribution in [0, 0.1) is 5.92 Å². The molecule has 2 aliphatic heterocycles. The lowest BCUT2D eigenvalue weighted by molar-refractivity contribution is -0.0495. The van der Waals surface area contributed by atoms with Gasteiger partial charge in [-0.1, -0.05) is 0 Å². The number of aromatic nitrogens is 1. The number of nitrogens with zero attached hydrogens (tertiary/aromatic N) is 3. The number of anilines is 1. The molecule has 1 aromatic heterocycles. The summed E-state index contributed by atoms with van der Waals surface area (Å²) in [4.78, 5) is 21.8. The maximum Gasteiger partial charge on any atom is 0.410 e. The molecule has 0 radical (unpaired) electrons. The van der Waals surface area contributed by atoms with Gasteiger partial charge >= 0.3 is 6.09 Å². The molecule has 2 unspecified atom stereocenters. The van der Waals surface area contributed by atoms with Crippen LogP contribution < -0.4 is 4.90 Å². The summed E-state index contributed by atoms with van der Waals surface area (Å²) >= 11 is 3.48. The van der Waals surface area contributed by atoms with Crippen molar-refractivity contribution in [2.24, 2.45) is 5.92 Å².